The number of nitrogens with zero attached hydrogens (tertiary/aromatic N) is 2. The fourth-order valence-corrected chi connectivity index (χ4v) is 4.07. The molecule has 1 saturated heterocycles. The highest BCUT2D eigenvalue weighted by atomic mass is 32.1. The average molecular weight is 308 g/mol. The van der Waals surface area contributed by atoms with Gasteiger partial charge < -0.3 is 14.9 Å². The zero-order chi connectivity index (χ0) is 15.0. The third-order valence-corrected chi connectivity index (χ3v) is 5.50. The van der Waals surface area contributed by atoms with Crippen LogP contribution in [0.3, 0.4) is 0 Å². The summed E-state index contributed by atoms with van der Waals surface area (Å²) in [6.07, 6.45) is 2.76. The summed E-state index contributed by atoms with van der Waals surface area (Å²) in [6.45, 7) is 4.16. The standard InChI is InChI=1S/C15H20N2O3S/c1-10-2-6-16(7-3-10)15(20)17-8-4-12-11(5-9-21-12)13(17)14(18)19/h5,9-10,13H,2-4,6-8H2,1H3,(H,18,19). The van der Waals surface area contributed by atoms with Crippen molar-refractivity contribution >= 4 is 23.3 Å². The summed E-state index contributed by atoms with van der Waals surface area (Å²) in [5.74, 6) is -0.290. The molecule has 0 aromatic carbocycles. The molecule has 6 heteroatoms. The number of hydrogen-bond donors (Lipinski definition) is 1. The summed E-state index contributed by atoms with van der Waals surface area (Å²) in [5, 5.41) is 11.5. The fraction of sp³-hybridized carbons (Fsp3) is 0.600. The van der Waals surface area contributed by atoms with Gasteiger partial charge in [-0.1, -0.05) is 6.92 Å². The predicted octanol–water partition coefficient (Wildman–Crippen LogP) is 2.58. The van der Waals surface area contributed by atoms with Gasteiger partial charge in [0.05, 0.1) is 0 Å². The van der Waals surface area contributed by atoms with Crippen molar-refractivity contribution in [2.24, 2.45) is 5.92 Å². The number of amides is 2. The average Bonchev–Trinajstić information content (AvgIpc) is 2.94. The van der Waals surface area contributed by atoms with E-state index in [0.29, 0.717) is 12.5 Å². The summed E-state index contributed by atoms with van der Waals surface area (Å²) in [7, 11) is 0. The van der Waals surface area contributed by atoms with Crippen LogP contribution in [0.25, 0.3) is 0 Å². The molecular weight excluding hydrogens is 288 g/mol. The lowest BCUT2D eigenvalue weighted by Crippen LogP contribution is -2.51. The number of carbonyl (C=O) groups is 2. The molecule has 0 aliphatic carbocycles. The van der Waals surface area contributed by atoms with Gasteiger partial charge in [0.1, 0.15) is 0 Å². The molecule has 1 aromatic rings. The maximum absolute atomic E-state index is 12.7. The Bertz CT molecular complexity index is 549. The van der Waals surface area contributed by atoms with Crippen LogP contribution >= 0.6 is 11.3 Å². The Labute approximate surface area is 128 Å². The first kappa shape index (κ1) is 14.4. The molecule has 114 valence electrons. The zero-order valence-electron chi connectivity index (χ0n) is 12.1. The molecular formula is C15H20N2O3S. The molecule has 0 radical (unpaired) electrons. The molecule has 0 bridgehead atoms. The summed E-state index contributed by atoms with van der Waals surface area (Å²) in [6, 6.07) is 0.897. The van der Waals surface area contributed by atoms with Crippen LogP contribution in [0.4, 0.5) is 4.79 Å². The fourth-order valence-electron chi connectivity index (χ4n) is 3.17. The van der Waals surface area contributed by atoms with Gasteiger partial charge in [0.2, 0.25) is 0 Å². The van der Waals surface area contributed by atoms with Crippen molar-refractivity contribution in [3.8, 4) is 0 Å². The van der Waals surface area contributed by atoms with Crippen LogP contribution in [-0.4, -0.2) is 46.5 Å². The summed E-state index contributed by atoms with van der Waals surface area (Å²) < 4.78 is 0. The number of carboxylic acids is 1. The third kappa shape index (κ3) is 2.64. The lowest BCUT2D eigenvalue weighted by molar-refractivity contribution is -0.143. The van der Waals surface area contributed by atoms with E-state index in [-0.39, 0.29) is 6.03 Å². The van der Waals surface area contributed by atoms with Gasteiger partial charge in [-0.3, -0.25) is 0 Å². The van der Waals surface area contributed by atoms with Gasteiger partial charge in [-0.15, -0.1) is 11.3 Å². The highest BCUT2D eigenvalue weighted by Gasteiger charge is 2.38. The van der Waals surface area contributed by atoms with E-state index in [9.17, 15) is 14.7 Å². The van der Waals surface area contributed by atoms with Gasteiger partial charge in [0, 0.05) is 24.5 Å². The number of piperidine rings is 1. The number of urea groups is 1. The first-order chi connectivity index (χ1) is 10.1. The zero-order valence-corrected chi connectivity index (χ0v) is 12.9. The van der Waals surface area contributed by atoms with Crippen molar-refractivity contribution in [2.45, 2.75) is 32.2 Å². The van der Waals surface area contributed by atoms with E-state index in [1.54, 1.807) is 11.3 Å². The number of rotatable bonds is 1. The van der Waals surface area contributed by atoms with Gasteiger partial charge in [-0.05, 0) is 42.2 Å². The first-order valence-corrected chi connectivity index (χ1v) is 8.30. The molecule has 2 aliphatic rings. The van der Waals surface area contributed by atoms with Crippen molar-refractivity contribution in [3.05, 3.63) is 21.9 Å². The van der Waals surface area contributed by atoms with Crippen molar-refractivity contribution in [1.29, 1.82) is 0 Å². The first-order valence-electron chi connectivity index (χ1n) is 7.42. The molecule has 1 fully saturated rings. The second kappa shape index (κ2) is 5.67. The highest BCUT2D eigenvalue weighted by Crippen LogP contribution is 2.34. The number of hydrogen-bond acceptors (Lipinski definition) is 3. The van der Waals surface area contributed by atoms with E-state index >= 15 is 0 Å². The molecule has 21 heavy (non-hydrogen) atoms. The Morgan fingerprint density at radius 2 is 2.00 bits per heavy atom. The Balaban J connectivity index is 1.81. The molecule has 2 aliphatic heterocycles. The molecule has 1 N–H and O–H groups in total. The largest absolute Gasteiger partial charge is 0.479 e. The van der Waals surface area contributed by atoms with Crippen LogP contribution in [0.2, 0.25) is 0 Å². The van der Waals surface area contributed by atoms with E-state index in [1.807, 2.05) is 16.3 Å². The Morgan fingerprint density at radius 3 is 2.67 bits per heavy atom. The maximum Gasteiger partial charge on any atom is 0.331 e. The van der Waals surface area contributed by atoms with Crippen LogP contribution in [0.5, 0.6) is 0 Å². The number of carbonyl (C=O) groups excluding carboxylic acids is 1. The maximum atomic E-state index is 12.7. The van der Waals surface area contributed by atoms with Crippen molar-refractivity contribution in [3.63, 3.8) is 0 Å². The second-order valence-corrected chi connectivity index (χ2v) is 6.94. The molecule has 0 spiro atoms. The number of aliphatic carboxylic acids is 1. The van der Waals surface area contributed by atoms with Crippen LogP contribution in [0.1, 0.15) is 36.2 Å². The number of thiophene rings is 1. The van der Waals surface area contributed by atoms with Crippen LogP contribution in [0.15, 0.2) is 11.4 Å². The molecule has 1 unspecified atom stereocenters. The highest BCUT2D eigenvalue weighted by molar-refractivity contribution is 7.10. The molecule has 1 aromatic heterocycles. The van der Waals surface area contributed by atoms with Crippen molar-refractivity contribution < 1.29 is 14.7 Å². The summed E-state index contributed by atoms with van der Waals surface area (Å²) >= 11 is 1.58. The summed E-state index contributed by atoms with van der Waals surface area (Å²) in [5.41, 5.74) is 0.789. The molecule has 1 atom stereocenters. The smallest absolute Gasteiger partial charge is 0.331 e. The van der Waals surface area contributed by atoms with Crippen molar-refractivity contribution in [1.82, 2.24) is 9.80 Å². The van der Waals surface area contributed by atoms with E-state index in [4.69, 9.17) is 0 Å². The van der Waals surface area contributed by atoms with Gasteiger partial charge >= 0.3 is 12.0 Å². The second-order valence-electron chi connectivity index (χ2n) is 5.94. The normalized spacial score (nSPS) is 23.0. The Hall–Kier alpha value is -1.56. The van der Waals surface area contributed by atoms with Crippen LogP contribution in [-0.2, 0) is 11.2 Å². The van der Waals surface area contributed by atoms with Crippen LogP contribution < -0.4 is 0 Å². The summed E-state index contributed by atoms with van der Waals surface area (Å²) in [4.78, 5) is 28.8. The van der Waals surface area contributed by atoms with Crippen molar-refractivity contribution in [2.75, 3.05) is 19.6 Å². The SMILES string of the molecule is CC1CCN(C(=O)N2CCc3sccc3C2C(=O)O)CC1. The number of fused-ring (bicyclic) bond motifs is 1. The van der Waals surface area contributed by atoms with E-state index < -0.39 is 12.0 Å². The number of carboxylic acid groups (broad SMARTS) is 1. The lowest BCUT2D eigenvalue weighted by atomic mass is 9.98. The minimum Gasteiger partial charge on any atom is -0.479 e. The van der Waals surface area contributed by atoms with Gasteiger partial charge in [0.15, 0.2) is 6.04 Å². The third-order valence-electron chi connectivity index (χ3n) is 4.50. The lowest BCUT2D eigenvalue weighted by Gasteiger charge is -2.39. The van der Waals surface area contributed by atoms with E-state index in [2.05, 4.69) is 6.92 Å². The minimum atomic E-state index is -0.937. The Morgan fingerprint density at radius 1 is 1.29 bits per heavy atom. The predicted molar refractivity (Wildman–Crippen MR) is 80.5 cm³/mol. The number of likely N-dealkylation sites (tertiary alicyclic amines) is 1. The van der Waals surface area contributed by atoms with E-state index in [0.717, 1.165) is 42.8 Å². The Kier molecular flexibility index (Phi) is 3.89. The van der Waals surface area contributed by atoms with Crippen LogP contribution in [0, 0.1) is 5.92 Å². The van der Waals surface area contributed by atoms with Gasteiger partial charge in [-0.25, -0.2) is 9.59 Å². The van der Waals surface area contributed by atoms with Gasteiger partial charge in [0.25, 0.3) is 0 Å². The molecule has 5 nitrogen and oxygen atoms in total. The topological polar surface area (TPSA) is 60.9 Å². The van der Waals surface area contributed by atoms with E-state index in [1.165, 1.54) is 4.90 Å². The molecule has 0 saturated carbocycles. The quantitative estimate of drug-likeness (QED) is 0.867. The molecule has 2 amide bonds. The molecule has 3 rings (SSSR count). The monoisotopic (exact) mass is 308 g/mol. The van der Waals surface area contributed by atoms with Gasteiger partial charge in [-0.2, -0.15) is 0 Å². The minimum absolute atomic E-state index is 0.119. The molecule has 3 heterocycles.